The van der Waals surface area contributed by atoms with Gasteiger partial charge >= 0.3 is 0 Å². The maximum atomic E-state index is 10.5. The summed E-state index contributed by atoms with van der Waals surface area (Å²) in [6, 6.07) is 11.9. The van der Waals surface area contributed by atoms with Gasteiger partial charge in [0.15, 0.2) is 0 Å². The zero-order valence-corrected chi connectivity index (χ0v) is 19.5. The Balaban J connectivity index is 0.00000420. The van der Waals surface area contributed by atoms with Gasteiger partial charge in [-0.3, -0.25) is 0 Å². The van der Waals surface area contributed by atoms with Gasteiger partial charge in [0.25, 0.3) is 0 Å². The van der Waals surface area contributed by atoms with Crippen LogP contribution in [0.5, 0.6) is 11.5 Å². The Morgan fingerprint density at radius 1 is 0.966 bits per heavy atom. The number of hydrogen-bond donors (Lipinski definition) is 1. The number of phenolic OH excluding ortho intramolecular Hbond substituents is 1. The Morgan fingerprint density at radius 2 is 1.55 bits per heavy atom. The van der Waals surface area contributed by atoms with E-state index in [4.69, 9.17) is 4.74 Å². The third-order valence-electron chi connectivity index (χ3n) is 5.01. The van der Waals surface area contributed by atoms with Gasteiger partial charge in [0, 0.05) is 11.1 Å². The van der Waals surface area contributed by atoms with E-state index in [1.807, 2.05) is 30.4 Å². The van der Waals surface area contributed by atoms with Gasteiger partial charge in [-0.2, -0.15) is 0 Å². The predicted molar refractivity (Wildman–Crippen MR) is 120 cm³/mol. The van der Waals surface area contributed by atoms with E-state index in [9.17, 15) is 5.11 Å². The highest BCUT2D eigenvalue weighted by Gasteiger charge is 2.15. The van der Waals surface area contributed by atoms with Gasteiger partial charge in [-0.05, 0) is 66.5 Å². The van der Waals surface area contributed by atoms with Crippen LogP contribution < -0.4 is 21.7 Å². The summed E-state index contributed by atoms with van der Waals surface area (Å²) in [7, 11) is 0. The maximum absolute atomic E-state index is 10.5. The normalized spacial score (nSPS) is 11.6. The van der Waals surface area contributed by atoms with Crippen molar-refractivity contribution in [3.63, 3.8) is 0 Å². The van der Waals surface area contributed by atoms with Crippen molar-refractivity contribution >= 4 is 0 Å². The van der Waals surface area contributed by atoms with Crippen LogP contribution in [0.3, 0.4) is 0 Å². The second-order valence-electron chi connectivity index (χ2n) is 7.88. The summed E-state index contributed by atoms with van der Waals surface area (Å²) in [4.78, 5) is 0. The number of halogens is 1. The first kappa shape index (κ1) is 25.0. The Hall–Kier alpha value is -2.00. The van der Waals surface area contributed by atoms with Crippen molar-refractivity contribution in [2.24, 2.45) is 11.8 Å². The molecule has 0 heterocycles. The number of phenols is 1. The average molecular weight is 458 g/mol. The molecule has 0 fully saturated rings. The first-order chi connectivity index (χ1) is 13.5. The molecule has 2 aromatic carbocycles. The van der Waals surface area contributed by atoms with Crippen LogP contribution in [0.2, 0.25) is 0 Å². The third-order valence-corrected chi connectivity index (χ3v) is 5.01. The van der Waals surface area contributed by atoms with Crippen molar-refractivity contribution in [1.82, 2.24) is 0 Å². The molecule has 2 rings (SSSR count). The van der Waals surface area contributed by atoms with Gasteiger partial charge in [-0.1, -0.05) is 51.5 Å². The lowest BCUT2D eigenvalue weighted by atomic mass is 9.95. The molecular weight excluding hydrogens is 424 g/mol. The number of allylic oxidation sites excluding steroid dienone is 2. The molecule has 0 radical (unpaired) electrons. The summed E-state index contributed by atoms with van der Waals surface area (Å²) < 4.78 is 6.28. The minimum Gasteiger partial charge on any atom is -1.00 e. The summed E-state index contributed by atoms with van der Waals surface area (Å²) in [6.45, 7) is 15.1. The van der Waals surface area contributed by atoms with Crippen LogP contribution in [0.4, 0.5) is 0 Å². The molecule has 29 heavy (non-hydrogen) atoms. The molecule has 0 aliphatic heterocycles. The predicted octanol–water partition coefficient (Wildman–Crippen LogP) is 3.97. The third kappa shape index (κ3) is 7.40. The minimum absolute atomic E-state index is 0. The fourth-order valence-electron chi connectivity index (χ4n) is 3.53. The summed E-state index contributed by atoms with van der Waals surface area (Å²) in [5.41, 5.74) is 4.01. The largest absolute Gasteiger partial charge is 1.00 e. The SMILES string of the molecule is C=CCc1ccc(O)c(-c2cc(CC=C)ccc2OCC(CC)CC(C)C)c1.[Br-]. The maximum Gasteiger partial charge on any atom is 0.127 e. The Morgan fingerprint density at radius 3 is 2.10 bits per heavy atom. The van der Waals surface area contributed by atoms with Crippen LogP contribution in [-0.4, -0.2) is 11.7 Å². The molecule has 1 N–H and O–H groups in total. The van der Waals surface area contributed by atoms with Crippen molar-refractivity contribution in [1.29, 1.82) is 0 Å². The van der Waals surface area contributed by atoms with Crippen molar-refractivity contribution in [3.05, 3.63) is 72.8 Å². The molecule has 0 spiro atoms. The van der Waals surface area contributed by atoms with Gasteiger partial charge < -0.3 is 26.8 Å². The highest BCUT2D eigenvalue weighted by molar-refractivity contribution is 5.76. The average Bonchev–Trinajstić information content (AvgIpc) is 2.67. The van der Waals surface area contributed by atoms with Gasteiger partial charge in [-0.15, -0.1) is 13.2 Å². The molecule has 0 aliphatic carbocycles. The standard InChI is InChI=1S/C26H34O2.BrH/c1-6-9-21-11-13-25(27)23(16-21)24-17-22(10-7-2)12-14-26(24)28-18-20(8-3)15-19(4)5;/h6-7,11-14,16-17,19-20,27H,1-2,8-10,15,18H2,3-5H3;1H/p-1. The molecule has 0 bridgehead atoms. The van der Waals surface area contributed by atoms with Crippen LogP contribution >= 0.6 is 0 Å². The zero-order valence-electron chi connectivity index (χ0n) is 18.0. The first-order valence-electron chi connectivity index (χ1n) is 10.3. The quantitative estimate of drug-likeness (QED) is 0.517. The molecule has 0 amide bonds. The van der Waals surface area contributed by atoms with Crippen LogP contribution in [-0.2, 0) is 12.8 Å². The van der Waals surface area contributed by atoms with Gasteiger partial charge in [0.2, 0.25) is 0 Å². The minimum atomic E-state index is 0. The topological polar surface area (TPSA) is 29.5 Å². The van der Waals surface area contributed by atoms with Crippen LogP contribution in [0.15, 0.2) is 61.7 Å². The van der Waals surface area contributed by atoms with E-state index in [0.29, 0.717) is 18.4 Å². The Bertz CT molecular complexity index is 795. The van der Waals surface area contributed by atoms with E-state index in [1.165, 1.54) is 0 Å². The van der Waals surface area contributed by atoms with E-state index in [2.05, 4.69) is 46.1 Å². The molecular formula is C26H34BrO2-. The van der Waals surface area contributed by atoms with Crippen LogP contribution in [0.1, 0.15) is 44.7 Å². The van der Waals surface area contributed by atoms with Crippen LogP contribution in [0, 0.1) is 11.8 Å². The molecule has 0 aliphatic rings. The van der Waals surface area contributed by atoms with Crippen molar-refractivity contribution in [2.45, 2.75) is 46.5 Å². The molecule has 3 heteroatoms. The lowest BCUT2D eigenvalue weighted by molar-refractivity contribution is -0.00000733. The highest BCUT2D eigenvalue weighted by atomic mass is 79.9. The number of aromatic hydroxyl groups is 1. The van der Waals surface area contributed by atoms with Gasteiger partial charge in [0.05, 0.1) is 6.61 Å². The molecule has 2 aromatic rings. The van der Waals surface area contributed by atoms with E-state index in [1.54, 1.807) is 6.07 Å². The summed E-state index contributed by atoms with van der Waals surface area (Å²) in [5.74, 6) is 2.27. The molecule has 1 atom stereocenters. The van der Waals surface area contributed by atoms with E-state index < -0.39 is 0 Å². The lowest BCUT2D eigenvalue weighted by Crippen LogP contribution is -3.00. The summed E-state index contributed by atoms with van der Waals surface area (Å²) in [5, 5.41) is 10.5. The molecule has 0 saturated heterocycles. The summed E-state index contributed by atoms with van der Waals surface area (Å²) >= 11 is 0. The fourth-order valence-corrected chi connectivity index (χ4v) is 3.53. The van der Waals surface area contributed by atoms with Gasteiger partial charge in [-0.25, -0.2) is 0 Å². The number of benzene rings is 2. The molecule has 2 nitrogen and oxygen atoms in total. The van der Waals surface area contributed by atoms with E-state index in [0.717, 1.165) is 53.7 Å². The Labute approximate surface area is 187 Å². The molecule has 0 saturated carbocycles. The monoisotopic (exact) mass is 457 g/mol. The lowest BCUT2D eigenvalue weighted by Gasteiger charge is -2.20. The van der Waals surface area contributed by atoms with Crippen molar-refractivity contribution < 1.29 is 26.8 Å². The van der Waals surface area contributed by atoms with E-state index >= 15 is 0 Å². The number of ether oxygens (including phenoxy) is 1. The zero-order chi connectivity index (χ0) is 20.5. The first-order valence-corrected chi connectivity index (χ1v) is 10.3. The van der Waals surface area contributed by atoms with Crippen molar-refractivity contribution in [2.75, 3.05) is 6.61 Å². The number of hydrogen-bond acceptors (Lipinski definition) is 2. The van der Waals surface area contributed by atoms with Crippen molar-refractivity contribution in [3.8, 4) is 22.6 Å². The summed E-state index contributed by atoms with van der Waals surface area (Å²) in [6.07, 6.45) is 7.57. The Kier molecular flexibility index (Phi) is 10.8. The second kappa shape index (κ2) is 12.5. The number of rotatable bonds is 11. The molecule has 1 unspecified atom stereocenters. The van der Waals surface area contributed by atoms with Gasteiger partial charge in [0.1, 0.15) is 11.5 Å². The molecule has 0 aromatic heterocycles. The highest BCUT2D eigenvalue weighted by Crippen LogP contribution is 2.38. The van der Waals surface area contributed by atoms with Crippen LogP contribution in [0.25, 0.3) is 11.1 Å². The molecule has 158 valence electrons. The van der Waals surface area contributed by atoms with E-state index in [-0.39, 0.29) is 22.7 Å². The smallest absolute Gasteiger partial charge is 0.127 e. The second-order valence-corrected chi connectivity index (χ2v) is 7.88. The fraction of sp³-hybridized carbons (Fsp3) is 0.385.